The van der Waals surface area contributed by atoms with Crippen molar-refractivity contribution in [2.24, 2.45) is 7.05 Å². The molecule has 164 valence electrons. The molecule has 0 bridgehead atoms. The monoisotopic (exact) mass is 496 g/mol. The normalized spacial score (nSPS) is 11.5. The number of aromatic nitrogens is 2. The summed E-state index contributed by atoms with van der Waals surface area (Å²) in [5.41, 5.74) is -4.93. The minimum absolute atomic E-state index is 0.0385. The third-order valence-corrected chi connectivity index (χ3v) is 4.58. The van der Waals surface area contributed by atoms with Gasteiger partial charge in [0.15, 0.2) is 0 Å². The summed E-state index contributed by atoms with van der Waals surface area (Å²) in [5, 5.41) is 3.40. The smallest absolute Gasteiger partial charge is 0.305 e. The van der Waals surface area contributed by atoms with Crippen LogP contribution in [-0.4, -0.2) is 33.4 Å². The molecular weight excluding hydrogens is 480 g/mol. The summed E-state index contributed by atoms with van der Waals surface area (Å²) >= 11 is 3.05. The molecule has 2 amide bonds. The highest BCUT2D eigenvalue weighted by atomic mass is 79.9. The maximum atomic E-state index is 14.5. The number of halogens is 5. The number of hydroxylamine groups is 2. The number of nitrogens with zero attached hydrogens (tertiary/aromatic N) is 3. The van der Waals surface area contributed by atoms with E-state index < -0.39 is 40.7 Å². The van der Waals surface area contributed by atoms with Crippen LogP contribution in [0, 0.1) is 5.82 Å². The van der Waals surface area contributed by atoms with Gasteiger partial charge in [-0.25, -0.2) is 23.6 Å². The van der Waals surface area contributed by atoms with Gasteiger partial charge in [-0.3, -0.25) is 14.2 Å². The van der Waals surface area contributed by atoms with Gasteiger partial charge < -0.3 is 5.32 Å². The van der Waals surface area contributed by atoms with Gasteiger partial charge in [-0.2, -0.15) is 13.2 Å². The molecule has 0 aliphatic heterocycles. The van der Waals surface area contributed by atoms with E-state index >= 15 is 0 Å². The number of benzene rings is 1. The molecule has 1 heterocycles. The van der Waals surface area contributed by atoms with Crippen LogP contribution in [-0.2, 0) is 18.1 Å². The van der Waals surface area contributed by atoms with Crippen molar-refractivity contribution in [1.82, 2.24) is 14.2 Å². The van der Waals surface area contributed by atoms with E-state index in [0.29, 0.717) is 0 Å². The van der Waals surface area contributed by atoms with E-state index in [1.54, 1.807) is 13.8 Å². The van der Waals surface area contributed by atoms with Crippen LogP contribution >= 0.6 is 15.9 Å². The summed E-state index contributed by atoms with van der Waals surface area (Å²) in [4.78, 5) is 42.0. The Hall–Kier alpha value is -2.67. The van der Waals surface area contributed by atoms with Gasteiger partial charge in [0.1, 0.15) is 11.5 Å². The van der Waals surface area contributed by atoms with E-state index in [9.17, 15) is 31.9 Å². The van der Waals surface area contributed by atoms with Crippen LogP contribution in [0.4, 0.5) is 28.0 Å². The van der Waals surface area contributed by atoms with Gasteiger partial charge in [-0.15, -0.1) is 0 Å². The van der Waals surface area contributed by atoms with Crippen LogP contribution < -0.4 is 16.6 Å². The fourth-order valence-electron chi connectivity index (χ4n) is 2.55. The summed E-state index contributed by atoms with van der Waals surface area (Å²) in [6.45, 7) is 3.69. The quantitative estimate of drug-likeness (QED) is 0.508. The molecule has 8 nitrogen and oxygen atoms in total. The number of carbonyl (C=O) groups excluding carboxylic acids is 1. The second-order valence-corrected chi connectivity index (χ2v) is 6.72. The Morgan fingerprint density at radius 3 is 2.40 bits per heavy atom. The summed E-state index contributed by atoms with van der Waals surface area (Å²) < 4.78 is 54.0. The number of nitrogens with one attached hydrogen (secondary N) is 1. The number of carbonyl (C=O) groups is 1. The standard InChI is InChI=1S/C17H17BrF4N4O4/c1-4-25(30-5-2)15(28)23-11-7-12(10(19)6-9(11)18)26-14(27)8-13(17(20,21)22)24(3)16(26)29/h6-8H,4-5H2,1-3H3,(H,23,28). The number of urea groups is 1. The average Bonchev–Trinajstić information content (AvgIpc) is 2.65. The van der Waals surface area contributed by atoms with E-state index in [4.69, 9.17) is 4.84 Å². The lowest BCUT2D eigenvalue weighted by atomic mass is 10.2. The lowest BCUT2D eigenvalue weighted by Gasteiger charge is -2.20. The molecule has 0 saturated carbocycles. The van der Waals surface area contributed by atoms with Crippen molar-refractivity contribution >= 4 is 27.6 Å². The maximum Gasteiger partial charge on any atom is 0.431 e. The van der Waals surface area contributed by atoms with Gasteiger partial charge in [-0.1, -0.05) is 0 Å². The molecule has 0 spiro atoms. The predicted molar refractivity (Wildman–Crippen MR) is 103 cm³/mol. The van der Waals surface area contributed by atoms with Gasteiger partial charge in [0.05, 0.1) is 18.0 Å². The zero-order valence-corrected chi connectivity index (χ0v) is 17.6. The zero-order chi connectivity index (χ0) is 22.8. The van der Waals surface area contributed by atoms with Crippen molar-refractivity contribution < 1.29 is 27.2 Å². The van der Waals surface area contributed by atoms with Crippen LogP contribution in [0.1, 0.15) is 19.5 Å². The van der Waals surface area contributed by atoms with Crippen molar-refractivity contribution in [3.05, 3.63) is 55.0 Å². The number of anilines is 1. The lowest BCUT2D eigenvalue weighted by molar-refractivity contribution is -0.144. The molecule has 30 heavy (non-hydrogen) atoms. The first-order chi connectivity index (χ1) is 13.9. The molecule has 0 aliphatic rings. The van der Waals surface area contributed by atoms with E-state index in [-0.39, 0.29) is 38.5 Å². The molecule has 2 rings (SSSR count). The molecular formula is C17H17BrF4N4O4. The highest BCUT2D eigenvalue weighted by molar-refractivity contribution is 9.10. The van der Waals surface area contributed by atoms with Crippen molar-refractivity contribution in [2.45, 2.75) is 20.0 Å². The SMILES string of the molecule is CCON(CC)C(=O)Nc1cc(-n2c(=O)cc(C(F)(F)F)n(C)c2=O)c(F)cc1Br. The second-order valence-electron chi connectivity index (χ2n) is 5.87. The minimum Gasteiger partial charge on any atom is -0.305 e. The van der Waals surface area contributed by atoms with Gasteiger partial charge in [0, 0.05) is 24.1 Å². The average molecular weight is 497 g/mol. The summed E-state index contributed by atoms with van der Waals surface area (Å²) in [7, 11) is 0.807. The van der Waals surface area contributed by atoms with E-state index in [2.05, 4.69) is 21.2 Å². The van der Waals surface area contributed by atoms with Crippen molar-refractivity contribution in [3.63, 3.8) is 0 Å². The molecule has 1 aromatic heterocycles. The lowest BCUT2D eigenvalue weighted by Crippen LogP contribution is -2.41. The third kappa shape index (κ3) is 4.73. The number of hydrogen-bond donors (Lipinski definition) is 1. The molecule has 0 saturated heterocycles. The number of hydrogen-bond acceptors (Lipinski definition) is 4. The third-order valence-electron chi connectivity index (χ3n) is 3.93. The topological polar surface area (TPSA) is 85.6 Å². The maximum absolute atomic E-state index is 14.5. The zero-order valence-electron chi connectivity index (χ0n) is 16.0. The Kier molecular flexibility index (Phi) is 7.08. The molecule has 0 aliphatic carbocycles. The fraction of sp³-hybridized carbons (Fsp3) is 0.353. The van der Waals surface area contributed by atoms with Gasteiger partial charge in [0.25, 0.3) is 5.56 Å². The molecule has 0 atom stereocenters. The molecule has 2 aromatic rings. The summed E-state index contributed by atoms with van der Waals surface area (Å²) in [5.74, 6) is -1.07. The first kappa shape index (κ1) is 23.6. The number of alkyl halides is 3. The Labute approximate surface area is 175 Å². The Balaban J connectivity index is 2.61. The van der Waals surface area contributed by atoms with Crippen LogP contribution in [0.5, 0.6) is 0 Å². The highest BCUT2D eigenvalue weighted by Crippen LogP contribution is 2.29. The Morgan fingerprint density at radius 1 is 1.23 bits per heavy atom. The van der Waals surface area contributed by atoms with E-state index in [1.165, 1.54) is 0 Å². The van der Waals surface area contributed by atoms with Gasteiger partial charge in [0.2, 0.25) is 0 Å². The van der Waals surface area contributed by atoms with Gasteiger partial charge in [-0.05, 0) is 41.9 Å². The van der Waals surface area contributed by atoms with Crippen molar-refractivity contribution in [1.29, 1.82) is 0 Å². The minimum atomic E-state index is -4.95. The summed E-state index contributed by atoms with van der Waals surface area (Å²) in [6.07, 6.45) is -4.95. The van der Waals surface area contributed by atoms with Gasteiger partial charge >= 0.3 is 17.9 Å². The van der Waals surface area contributed by atoms with Crippen molar-refractivity contribution in [2.75, 3.05) is 18.5 Å². The molecule has 0 fully saturated rings. The predicted octanol–water partition coefficient (Wildman–Crippen LogP) is 3.26. The summed E-state index contributed by atoms with van der Waals surface area (Å²) in [6, 6.07) is 1.29. The highest BCUT2D eigenvalue weighted by Gasteiger charge is 2.35. The molecule has 0 radical (unpaired) electrons. The fourth-order valence-corrected chi connectivity index (χ4v) is 2.97. The molecule has 1 aromatic carbocycles. The van der Waals surface area contributed by atoms with Crippen molar-refractivity contribution in [3.8, 4) is 5.69 Å². The number of rotatable bonds is 5. The Bertz CT molecular complexity index is 1080. The second kappa shape index (κ2) is 9.00. The van der Waals surface area contributed by atoms with Crippen LogP contribution in [0.15, 0.2) is 32.3 Å². The van der Waals surface area contributed by atoms with E-state index in [1.807, 2.05) is 0 Å². The first-order valence-corrected chi connectivity index (χ1v) is 9.32. The van der Waals surface area contributed by atoms with Crippen LogP contribution in [0.25, 0.3) is 5.69 Å². The molecule has 1 N–H and O–H groups in total. The largest absolute Gasteiger partial charge is 0.431 e. The Morgan fingerprint density at radius 2 is 1.87 bits per heavy atom. The molecule has 13 heteroatoms. The van der Waals surface area contributed by atoms with Crippen LogP contribution in [0.2, 0.25) is 0 Å². The number of amides is 2. The first-order valence-electron chi connectivity index (χ1n) is 8.53. The molecule has 0 unspecified atom stereocenters. The van der Waals surface area contributed by atoms with E-state index in [0.717, 1.165) is 24.2 Å². The van der Waals surface area contributed by atoms with Crippen LogP contribution in [0.3, 0.4) is 0 Å².